The molecule has 0 amide bonds. The first-order valence-electron chi connectivity index (χ1n) is 8.18. The molecule has 0 N–H and O–H groups in total. The first-order valence-corrected chi connectivity index (χ1v) is 9.75. The number of hydrogen-bond acceptors (Lipinski definition) is 4. The molecule has 0 radical (unpaired) electrons. The first kappa shape index (κ1) is 22.8. The molecule has 1 aliphatic rings. The van der Waals surface area contributed by atoms with Gasteiger partial charge in [0.1, 0.15) is 36.4 Å². The summed E-state index contributed by atoms with van der Waals surface area (Å²) in [6.07, 6.45) is -10.6. The quantitative estimate of drug-likeness (QED) is 0.372. The summed E-state index contributed by atoms with van der Waals surface area (Å²) in [4.78, 5) is 12.2. The average Bonchev–Trinajstić information content (AvgIpc) is 2.61. The number of ether oxygens (including phenoxy) is 3. The van der Waals surface area contributed by atoms with Crippen molar-refractivity contribution in [1.82, 2.24) is 0 Å². The van der Waals surface area contributed by atoms with Gasteiger partial charge in [0.25, 0.3) is 5.60 Å². The smallest absolute Gasteiger partial charge is 0.430 e. The van der Waals surface area contributed by atoms with E-state index in [2.05, 4.69) is 9.47 Å². The van der Waals surface area contributed by atoms with Crippen LogP contribution >= 0.6 is 0 Å². The zero-order chi connectivity index (χ0) is 21.0. The Bertz CT molecular complexity index is 635. The molecule has 1 aromatic carbocycles. The van der Waals surface area contributed by atoms with Crippen molar-refractivity contribution in [2.75, 3.05) is 32.0 Å². The lowest BCUT2D eigenvalue weighted by atomic mass is 10.0. The largest absolute Gasteiger partial charge is 0.490 e. The van der Waals surface area contributed by atoms with Gasteiger partial charge in [-0.05, 0) is 24.3 Å². The van der Waals surface area contributed by atoms with Crippen LogP contribution in [0, 0.1) is 0 Å². The Kier molecular flexibility index (Phi) is 7.27. The van der Waals surface area contributed by atoms with Crippen LogP contribution in [-0.2, 0) is 25.2 Å². The maximum atomic E-state index is 13.2. The first-order chi connectivity index (χ1) is 13.0. The Hall–Kier alpha value is -1.46. The van der Waals surface area contributed by atoms with Crippen LogP contribution in [0.3, 0.4) is 0 Å². The lowest BCUT2D eigenvalue weighted by molar-refractivity contribution is -0.397. The number of halogens is 6. The normalized spacial score (nSPS) is 17.0. The molecule has 2 rings (SSSR count). The molecule has 4 nitrogen and oxygen atoms in total. The van der Waals surface area contributed by atoms with Crippen molar-refractivity contribution in [1.29, 1.82) is 0 Å². The Labute approximate surface area is 160 Å². The molecular weight excluding hydrogens is 414 g/mol. The lowest BCUT2D eigenvalue weighted by Crippen LogP contribution is -2.62. The van der Waals surface area contributed by atoms with E-state index in [9.17, 15) is 31.1 Å². The van der Waals surface area contributed by atoms with E-state index in [4.69, 9.17) is 4.74 Å². The number of Topliss-reactive ketones (excluding diaryl/α,β-unsaturated/α-hetero) is 1. The van der Waals surface area contributed by atoms with E-state index in [0.717, 1.165) is 12.0 Å². The molecule has 0 saturated carbocycles. The van der Waals surface area contributed by atoms with E-state index >= 15 is 0 Å². The van der Waals surface area contributed by atoms with E-state index in [0.29, 0.717) is 24.3 Å². The molecule has 1 fully saturated rings. The number of carbonyl (C=O) groups excluding carboxylic acids is 1. The predicted octanol–water partition coefficient (Wildman–Crippen LogP) is 3.89. The molecule has 11 heteroatoms. The molecule has 0 bridgehead atoms. The molecule has 0 atom stereocenters. The third kappa shape index (κ3) is 5.12. The van der Waals surface area contributed by atoms with Gasteiger partial charge in [-0.15, -0.1) is 0 Å². The van der Waals surface area contributed by atoms with E-state index < -0.39 is 31.4 Å². The van der Waals surface area contributed by atoms with Crippen molar-refractivity contribution < 1.29 is 45.3 Å². The Morgan fingerprint density at radius 2 is 1.50 bits per heavy atom. The third-order valence-electron chi connectivity index (χ3n) is 4.19. The van der Waals surface area contributed by atoms with Crippen LogP contribution in [0.4, 0.5) is 26.3 Å². The molecule has 158 valence electrons. The fourth-order valence-electron chi connectivity index (χ4n) is 2.54. The highest BCUT2D eigenvalue weighted by molar-refractivity contribution is 7.97. The molecule has 0 spiro atoms. The van der Waals surface area contributed by atoms with E-state index in [1.807, 2.05) is 0 Å². The van der Waals surface area contributed by atoms with Crippen molar-refractivity contribution in [3.05, 3.63) is 24.3 Å². The van der Waals surface area contributed by atoms with Crippen LogP contribution < -0.4 is 4.74 Å². The van der Waals surface area contributed by atoms with Gasteiger partial charge in [0, 0.05) is 18.0 Å². The number of methoxy groups -OCH3 is 1. The number of alkyl halides is 6. The highest BCUT2D eigenvalue weighted by atomic mass is 32.2. The molecular formula is C17H19F6O4S+. The van der Waals surface area contributed by atoms with Crippen molar-refractivity contribution in [3.63, 3.8) is 0 Å². The maximum Gasteiger partial charge on any atom is 0.430 e. The van der Waals surface area contributed by atoms with Crippen LogP contribution in [0.2, 0.25) is 0 Å². The predicted molar refractivity (Wildman–Crippen MR) is 89.3 cm³/mol. The molecule has 28 heavy (non-hydrogen) atoms. The monoisotopic (exact) mass is 433 g/mol. The van der Waals surface area contributed by atoms with Gasteiger partial charge in [-0.2, -0.15) is 26.3 Å². The molecule has 1 saturated heterocycles. The lowest BCUT2D eigenvalue weighted by Gasteiger charge is -2.36. The summed E-state index contributed by atoms with van der Waals surface area (Å²) in [5.41, 5.74) is -4.51. The van der Waals surface area contributed by atoms with Crippen molar-refractivity contribution in [2.45, 2.75) is 35.7 Å². The second-order valence-electron chi connectivity index (χ2n) is 6.07. The van der Waals surface area contributed by atoms with Gasteiger partial charge in [-0.25, -0.2) is 0 Å². The maximum absolute atomic E-state index is 13.2. The van der Waals surface area contributed by atoms with Gasteiger partial charge in [0.2, 0.25) is 0 Å². The van der Waals surface area contributed by atoms with Gasteiger partial charge in [-0.1, -0.05) is 0 Å². The minimum atomic E-state index is -5.76. The Morgan fingerprint density at radius 1 is 0.964 bits per heavy atom. The third-order valence-corrected chi connectivity index (χ3v) is 6.53. The minimum Gasteiger partial charge on any atom is -0.490 e. The second-order valence-corrected chi connectivity index (χ2v) is 8.35. The Balaban J connectivity index is 2.13. The number of ketones is 1. The molecule has 0 unspecified atom stereocenters. The molecule has 0 aromatic heterocycles. The summed E-state index contributed by atoms with van der Waals surface area (Å²) in [5.74, 6) is 1.42. The van der Waals surface area contributed by atoms with Crippen LogP contribution in [0.5, 0.6) is 5.75 Å². The fourth-order valence-corrected chi connectivity index (χ4v) is 4.68. The highest BCUT2D eigenvalue weighted by Gasteiger charge is 2.73. The van der Waals surface area contributed by atoms with E-state index in [1.54, 1.807) is 12.1 Å². The summed E-state index contributed by atoms with van der Waals surface area (Å²) in [6.45, 7) is -3.01. The Morgan fingerprint density at radius 3 is 1.96 bits per heavy atom. The van der Waals surface area contributed by atoms with E-state index in [-0.39, 0.29) is 22.4 Å². The van der Waals surface area contributed by atoms with Gasteiger partial charge < -0.3 is 14.2 Å². The van der Waals surface area contributed by atoms with Crippen LogP contribution in [0.15, 0.2) is 29.2 Å². The average molecular weight is 433 g/mol. The summed E-state index contributed by atoms with van der Waals surface area (Å²) in [6, 6.07) is 5.80. The minimum absolute atomic E-state index is 0.153. The summed E-state index contributed by atoms with van der Waals surface area (Å²) in [5, 5.41) is 0. The zero-order valence-electron chi connectivity index (χ0n) is 14.9. The summed E-state index contributed by atoms with van der Waals surface area (Å²) >= 11 is 0. The van der Waals surface area contributed by atoms with Crippen molar-refractivity contribution in [2.24, 2.45) is 0 Å². The second kappa shape index (κ2) is 8.91. The van der Waals surface area contributed by atoms with Crippen LogP contribution in [0.25, 0.3) is 0 Å². The highest BCUT2D eigenvalue weighted by Crippen LogP contribution is 2.46. The molecule has 1 heterocycles. The van der Waals surface area contributed by atoms with Gasteiger partial charge in [0.15, 0.2) is 4.90 Å². The topological polar surface area (TPSA) is 44.8 Å². The summed E-state index contributed by atoms with van der Waals surface area (Å²) < 4.78 is 92.4. The standard InChI is InChI=1S/C17H19F6O4S/c1-25-11-27-15(16(18,19)20,17(21,22)23)10-26-13-2-4-14(5-3-13)28-8-6-12(24)7-9-28/h2-5H,6-11H2,1H3/q+1. The van der Waals surface area contributed by atoms with E-state index in [1.165, 1.54) is 12.1 Å². The molecule has 0 aliphatic carbocycles. The molecule has 1 aliphatic heterocycles. The number of benzene rings is 1. The van der Waals surface area contributed by atoms with Gasteiger partial charge >= 0.3 is 12.4 Å². The molecule has 1 aromatic rings. The summed E-state index contributed by atoms with van der Waals surface area (Å²) in [7, 11) is 0.745. The number of carbonyl (C=O) groups is 1. The van der Waals surface area contributed by atoms with Gasteiger partial charge in [0.05, 0.1) is 12.8 Å². The number of rotatable bonds is 7. The fraction of sp³-hybridized carbons (Fsp3) is 0.588. The number of hydrogen-bond donors (Lipinski definition) is 0. The van der Waals surface area contributed by atoms with Crippen molar-refractivity contribution >= 4 is 16.7 Å². The van der Waals surface area contributed by atoms with Gasteiger partial charge in [-0.3, -0.25) is 4.79 Å². The zero-order valence-corrected chi connectivity index (χ0v) is 15.7. The van der Waals surface area contributed by atoms with Crippen LogP contribution in [0.1, 0.15) is 12.8 Å². The van der Waals surface area contributed by atoms with Crippen molar-refractivity contribution in [3.8, 4) is 5.75 Å². The van der Waals surface area contributed by atoms with Crippen LogP contribution in [-0.4, -0.2) is 55.8 Å². The SMILES string of the molecule is COCOC(COc1ccc([S+]2CCC(=O)CC2)cc1)(C(F)(F)F)C(F)(F)F.